The summed E-state index contributed by atoms with van der Waals surface area (Å²) < 4.78 is 10.4. The molecule has 7 nitrogen and oxygen atoms in total. The predicted molar refractivity (Wildman–Crippen MR) is 77.6 cm³/mol. The standard InChI is InChI=1S/C13H19N3O4S/c1-3-19-13(18)12-15-10(8-21-12)11(17)14-6-9-7-16(2)4-5-20-9/h8-9H,3-7H2,1-2H3,(H,14,17). The lowest BCUT2D eigenvalue weighted by atomic mass is 10.3. The Morgan fingerprint density at radius 3 is 3.14 bits per heavy atom. The van der Waals surface area contributed by atoms with Gasteiger partial charge in [-0.2, -0.15) is 0 Å². The molecule has 116 valence electrons. The van der Waals surface area contributed by atoms with Gasteiger partial charge in [0.15, 0.2) is 0 Å². The summed E-state index contributed by atoms with van der Waals surface area (Å²) in [4.78, 5) is 29.6. The van der Waals surface area contributed by atoms with E-state index in [1.165, 1.54) is 0 Å². The number of hydrogen-bond acceptors (Lipinski definition) is 7. The van der Waals surface area contributed by atoms with Gasteiger partial charge in [-0.05, 0) is 14.0 Å². The Morgan fingerprint density at radius 2 is 2.43 bits per heavy atom. The van der Waals surface area contributed by atoms with Gasteiger partial charge >= 0.3 is 5.97 Å². The van der Waals surface area contributed by atoms with Gasteiger partial charge in [0.05, 0.1) is 19.3 Å². The van der Waals surface area contributed by atoms with Gasteiger partial charge in [0, 0.05) is 25.0 Å². The molecule has 21 heavy (non-hydrogen) atoms. The van der Waals surface area contributed by atoms with Gasteiger partial charge in [-0.3, -0.25) is 4.79 Å². The fraction of sp³-hybridized carbons (Fsp3) is 0.615. The number of esters is 1. The minimum absolute atomic E-state index is 0.0177. The lowest BCUT2D eigenvalue weighted by Gasteiger charge is -2.29. The molecule has 1 amide bonds. The zero-order valence-electron chi connectivity index (χ0n) is 12.1. The van der Waals surface area contributed by atoms with E-state index in [1.54, 1.807) is 12.3 Å². The molecule has 1 saturated heterocycles. The molecule has 1 aliphatic heterocycles. The molecule has 1 unspecified atom stereocenters. The van der Waals surface area contributed by atoms with E-state index in [2.05, 4.69) is 15.2 Å². The summed E-state index contributed by atoms with van der Waals surface area (Å²) in [5.41, 5.74) is 0.229. The number of nitrogens with zero attached hydrogens (tertiary/aromatic N) is 2. The van der Waals surface area contributed by atoms with Crippen LogP contribution in [0.15, 0.2) is 5.38 Å². The fourth-order valence-corrected chi connectivity index (χ4v) is 2.64. The number of aromatic nitrogens is 1. The molecule has 0 spiro atoms. The number of hydrogen-bond donors (Lipinski definition) is 1. The molecule has 2 rings (SSSR count). The maximum Gasteiger partial charge on any atom is 0.367 e. The van der Waals surface area contributed by atoms with E-state index < -0.39 is 5.97 Å². The summed E-state index contributed by atoms with van der Waals surface area (Å²) >= 11 is 1.10. The Balaban J connectivity index is 1.84. The van der Waals surface area contributed by atoms with Crippen LogP contribution in [-0.4, -0.2) is 67.8 Å². The maximum atomic E-state index is 12.0. The van der Waals surface area contributed by atoms with E-state index in [0.717, 1.165) is 24.4 Å². The van der Waals surface area contributed by atoms with Crippen LogP contribution in [-0.2, 0) is 9.47 Å². The average Bonchev–Trinajstić information content (AvgIpc) is 2.95. The summed E-state index contributed by atoms with van der Waals surface area (Å²) in [6.45, 7) is 4.79. The Kier molecular flexibility index (Phi) is 5.66. The number of likely N-dealkylation sites (N-methyl/N-ethyl adjacent to an activating group) is 1. The molecule has 0 bridgehead atoms. The second-order valence-corrected chi connectivity index (χ2v) is 5.58. The lowest BCUT2D eigenvalue weighted by Crippen LogP contribution is -2.45. The van der Waals surface area contributed by atoms with Crippen LogP contribution in [0, 0.1) is 0 Å². The molecule has 0 radical (unpaired) electrons. The Labute approximate surface area is 127 Å². The highest BCUT2D eigenvalue weighted by molar-refractivity contribution is 7.11. The van der Waals surface area contributed by atoms with Crippen LogP contribution in [0.5, 0.6) is 0 Å². The molecule has 1 aliphatic rings. The molecule has 0 aliphatic carbocycles. The summed E-state index contributed by atoms with van der Waals surface area (Å²) in [7, 11) is 2.02. The molecule has 1 aromatic rings. The zero-order valence-corrected chi connectivity index (χ0v) is 12.9. The molecule has 0 saturated carbocycles. The van der Waals surface area contributed by atoms with Crippen LogP contribution in [0.25, 0.3) is 0 Å². The number of carbonyl (C=O) groups is 2. The number of thiazole rings is 1. The quantitative estimate of drug-likeness (QED) is 0.792. The van der Waals surface area contributed by atoms with E-state index in [-0.39, 0.29) is 29.3 Å². The third-order valence-corrected chi connectivity index (χ3v) is 3.84. The van der Waals surface area contributed by atoms with Crippen LogP contribution in [0.2, 0.25) is 0 Å². The number of morpholine rings is 1. The summed E-state index contributed by atoms with van der Waals surface area (Å²) in [5.74, 6) is -0.808. The molecule has 1 atom stereocenters. The van der Waals surface area contributed by atoms with Crippen LogP contribution in [0.4, 0.5) is 0 Å². The molecule has 2 heterocycles. The van der Waals surface area contributed by atoms with E-state index in [0.29, 0.717) is 13.2 Å². The Bertz CT molecular complexity index is 505. The largest absolute Gasteiger partial charge is 0.461 e. The second-order valence-electron chi connectivity index (χ2n) is 4.72. The summed E-state index contributed by atoms with van der Waals surface area (Å²) in [6.07, 6.45) is -0.0177. The van der Waals surface area contributed by atoms with Crippen molar-refractivity contribution < 1.29 is 19.1 Å². The van der Waals surface area contributed by atoms with Crippen molar-refractivity contribution in [3.63, 3.8) is 0 Å². The van der Waals surface area contributed by atoms with Crippen LogP contribution < -0.4 is 5.32 Å². The third-order valence-electron chi connectivity index (χ3n) is 3.02. The zero-order chi connectivity index (χ0) is 15.2. The van der Waals surface area contributed by atoms with Crippen molar-refractivity contribution in [2.75, 3.05) is 39.9 Å². The van der Waals surface area contributed by atoms with Gasteiger partial charge in [0.1, 0.15) is 5.69 Å². The highest BCUT2D eigenvalue weighted by Gasteiger charge is 2.20. The molecule has 1 fully saturated rings. The first kappa shape index (κ1) is 15.9. The van der Waals surface area contributed by atoms with Crippen molar-refractivity contribution in [2.24, 2.45) is 0 Å². The molecule has 1 aromatic heterocycles. The van der Waals surface area contributed by atoms with Crippen molar-refractivity contribution in [2.45, 2.75) is 13.0 Å². The van der Waals surface area contributed by atoms with Gasteiger partial charge in [0.2, 0.25) is 5.01 Å². The first-order valence-electron chi connectivity index (χ1n) is 6.81. The first-order chi connectivity index (χ1) is 10.1. The van der Waals surface area contributed by atoms with Crippen molar-refractivity contribution >= 4 is 23.2 Å². The predicted octanol–water partition coefficient (Wildman–Crippen LogP) is 0.380. The number of carbonyl (C=O) groups excluding carboxylic acids is 2. The molecule has 8 heteroatoms. The molecule has 0 aromatic carbocycles. The highest BCUT2D eigenvalue weighted by atomic mass is 32.1. The second kappa shape index (κ2) is 7.48. The van der Waals surface area contributed by atoms with E-state index in [4.69, 9.17) is 9.47 Å². The van der Waals surface area contributed by atoms with Crippen LogP contribution in [0.1, 0.15) is 27.2 Å². The molecule has 1 N–H and O–H groups in total. The SMILES string of the molecule is CCOC(=O)c1nc(C(=O)NCC2CN(C)CCO2)cs1. The Morgan fingerprint density at radius 1 is 1.62 bits per heavy atom. The number of amides is 1. The number of rotatable bonds is 5. The van der Waals surface area contributed by atoms with E-state index in [9.17, 15) is 9.59 Å². The van der Waals surface area contributed by atoms with Crippen molar-refractivity contribution in [3.8, 4) is 0 Å². The van der Waals surface area contributed by atoms with Gasteiger partial charge in [-0.15, -0.1) is 11.3 Å². The van der Waals surface area contributed by atoms with Crippen LogP contribution in [0.3, 0.4) is 0 Å². The van der Waals surface area contributed by atoms with Crippen LogP contribution >= 0.6 is 11.3 Å². The lowest BCUT2D eigenvalue weighted by molar-refractivity contribution is -0.0175. The fourth-order valence-electron chi connectivity index (χ4n) is 1.95. The molecular formula is C13H19N3O4S. The van der Waals surface area contributed by atoms with E-state index >= 15 is 0 Å². The Hall–Kier alpha value is -1.51. The van der Waals surface area contributed by atoms with Crippen molar-refractivity contribution in [3.05, 3.63) is 16.1 Å². The van der Waals surface area contributed by atoms with Crippen molar-refractivity contribution in [1.29, 1.82) is 0 Å². The van der Waals surface area contributed by atoms with Gasteiger partial charge in [-0.25, -0.2) is 9.78 Å². The minimum Gasteiger partial charge on any atom is -0.461 e. The average molecular weight is 313 g/mol. The third kappa shape index (κ3) is 4.48. The van der Waals surface area contributed by atoms with E-state index in [1.807, 2.05) is 7.05 Å². The topological polar surface area (TPSA) is 80.8 Å². The highest BCUT2D eigenvalue weighted by Crippen LogP contribution is 2.11. The number of ether oxygens (including phenoxy) is 2. The maximum absolute atomic E-state index is 12.0. The number of nitrogens with one attached hydrogen (secondary N) is 1. The van der Waals surface area contributed by atoms with Gasteiger partial charge < -0.3 is 19.7 Å². The first-order valence-corrected chi connectivity index (χ1v) is 7.69. The molecular weight excluding hydrogens is 294 g/mol. The monoisotopic (exact) mass is 313 g/mol. The summed E-state index contributed by atoms with van der Waals surface area (Å²) in [5, 5.41) is 4.52. The van der Waals surface area contributed by atoms with Crippen molar-refractivity contribution in [1.82, 2.24) is 15.2 Å². The van der Waals surface area contributed by atoms with Gasteiger partial charge in [-0.1, -0.05) is 0 Å². The smallest absolute Gasteiger partial charge is 0.367 e. The minimum atomic E-state index is -0.501. The van der Waals surface area contributed by atoms with Gasteiger partial charge in [0.25, 0.3) is 5.91 Å². The summed E-state index contributed by atoms with van der Waals surface area (Å²) in [6, 6.07) is 0. The normalized spacial score (nSPS) is 19.2.